The predicted molar refractivity (Wildman–Crippen MR) is 103 cm³/mol. The van der Waals surface area contributed by atoms with Crippen molar-refractivity contribution in [1.29, 1.82) is 0 Å². The van der Waals surface area contributed by atoms with Crippen molar-refractivity contribution >= 4 is 11.8 Å². The Morgan fingerprint density at radius 3 is 2.50 bits per heavy atom. The Morgan fingerprint density at radius 1 is 1.10 bits per heavy atom. The Kier molecular flexibility index (Phi) is 6.43. The minimum Gasteiger partial charge on any atom is -0.352 e. The van der Waals surface area contributed by atoms with Gasteiger partial charge < -0.3 is 10.2 Å². The van der Waals surface area contributed by atoms with Crippen LogP contribution in [0.5, 0.6) is 0 Å². The number of nitrogens with one attached hydrogen (secondary N) is 1. The van der Waals surface area contributed by atoms with Crippen molar-refractivity contribution in [3.8, 4) is 0 Å². The normalized spacial score (nSPS) is 19.4. The van der Waals surface area contributed by atoms with Gasteiger partial charge in [0.2, 0.25) is 11.8 Å². The number of halogens is 4. The molecule has 1 N–H and O–H groups in total. The molecule has 160 valence electrons. The zero-order valence-electron chi connectivity index (χ0n) is 16.4. The van der Waals surface area contributed by atoms with Gasteiger partial charge in [-0.15, -0.1) is 0 Å². The maximum absolute atomic E-state index is 13.3. The van der Waals surface area contributed by atoms with E-state index in [1.165, 1.54) is 30.0 Å². The lowest BCUT2D eigenvalue weighted by molar-refractivity contribution is -0.137. The van der Waals surface area contributed by atoms with E-state index < -0.39 is 29.5 Å². The van der Waals surface area contributed by atoms with Crippen LogP contribution in [0.2, 0.25) is 0 Å². The third-order valence-electron chi connectivity index (χ3n) is 5.31. The van der Waals surface area contributed by atoms with Gasteiger partial charge in [-0.1, -0.05) is 24.3 Å². The Morgan fingerprint density at radius 2 is 1.83 bits per heavy atom. The number of piperidine rings is 1. The number of alkyl halides is 3. The van der Waals surface area contributed by atoms with Gasteiger partial charge in [0, 0.05) is 20.0 Å². The number of carbonyl (C=O) groups is 2. The van der Waals surface area contributed by atoms with Crippen LogP contribution in [0.4, 0.5) is 17.6 Å². The molecule has 8 heteroatoms. The van der Waals surface area contributed by atoms with Crippen LogP contribution in [-0.2, 0) is 22.3 Å². The summed E-state index contributed by atoms with van der Waals surface area (Å²) in [7, 11) is 0. The molecule has 1 saturated heterocycles. The van der Waals surface area contributed by atoms with Crippen LogP contribution < -0.4 is 5.32 Å². The lowest BCUT2D eigenvalue weighted by Gasteiger charge is -2.39. The number of amides is 2. The lowest BCUT2D eigenvalue weighted by atomic mass is 9.87. The van der Waals surface area contributed by atoms with Crippen LogP contribution in [0, 0.1) is 11.7 Å². The molecule has 2 amide bonds. The van der Waals surface area contributed by atoms with Crippen molar-refractivity contribution in [3.05, 3.63) is 71.0 Å². The summed E-state index contributed by atoms with van der Waals surface area (Å²) in [5.41, 5.74) is 0.251. The van der Waals surface area contributed by atoms with Crippen molar-refractivity contribution in [1.82, 2.24) is 10.2 Å². The van der Waals surface area contributed by atoms with E-state index in [2.05, 4.69) is 5.32 Å². The number of nitrogens with zero attached hydrogens (tertiary/aromatic N) is 1. The zero-order chi connectivity index (χ0) is 21.9. The van der Waals surface area contributed by atoms with Gasteiger partial charge >= 0.3 is 6.18 Å². The SMILES string of the molecule is CC(=O)N1CC(C(=O)NCc2cccc(F)c2)CCC1c1cccc(C(F)(F)F)c1. The maximum atomic E-state index is 13.3. The minimum atomic E-state index is -4.47. The summed E-state index contributed by atoms with van der Waals surface area (Å²) >= 11 is 0. The molecule has 0 spiro atoms. The highest BCUT2D eigenvalue weighted by molar-refractivity contribution is 5.81. The van der Waals surface area contributed by atoms with Crippen molar-refractivity contribution in [3.63, 3.8) is 0 Å². The highest BCUT2D eigenvalue weighted by Gasteiger charge is 2.36. The topological polar surface area (TPSA) is 49.4 Å². The number of hydrogen-bond acceptors (Lipinski definition) is 2. The first-order valence-electron chi connectivity index (χ1n) is 9.61. The second-order valence-electron chi connectivity index (χ2n) is 7.43. The molecular weight excluding hydrogens is 400 g/mol. The molecule has 0 bridgehead atoms. The summed E-state index contributed by atoms with van der Waals surface area (Å²) < 4.78 is 52.4. The van der Waals surface area contributed by atoms with E-state index in [-0.39, 0.29) is 24.9 Å². The van der Waals surface area contributed by atoms with Crippen LogP contribution in [0.3, 0.4) is 0 Å². The highest BCUT2D eigenvalue weighted by Crippen LogP contribution is 2.36. The molecule has 4 nitrogen and oxygen atoms in total. The second kappa shape index (κ2) is 8.85. The molecule has 2 aromatic carbocycles. The molecule has 0 radical (unpaired) electrons. The third kappa shape index (κ3) is 5.17. The fourth-order valence-corrected chi connectivity index (χ4v) is 3.78. The summed E-state index contributed by atoms with van der Waals surface area (Å²) in [4.78, 5) is 26.2. The van der Waals surface area contributed by atoms with E-state index >= 15 is 0 Å². The summed E-state index contributed by atoms with van der Waals surface area (Å²) in [6, 6.07) is 10.3. The quantitative estimate of drug-likeness (QED) is 0.740. The highest BCUT2D eigenvalue weighted by atomic mass is 19.4. The molecule has 30 heavy (non-hydrogen) atoms. The lowest BCUT2D eigenvalue weighted by Crippen LogP contribution is -2.46. The smallest absolute Gasteiger partial charge is 0.352 e. The predicted octanol–water partition coefficient (Wildman–Crippen LogP) is 4.46. The first-order chi connectivity index (χ1) is 14.1. The van der Waals surface area contributed by atoms with Gasteiger partial charge in [0.15, 0.2) is 0 Å². The van der Waals surface area contributed by atoms with E-state index in [0.29, 0.717) is 24.0 Å². The molecule has 1 aliphatic heterocycles. The van der Waals surface area contributed by atoms with Gasteiger partial charge in [-0.25, -0.2) is 4.39 Å². The zero-order valence-corrected chi connectivity index (χ0v) is 16.4. The largest absolute Gasteiger partial charge is 0.416 e. The van der Waals surface area contributed by atoms with Crippen molar-refractivity contribution in [2.45, 2.75) is 38.5 Å². The minimum absolute atomic E-state index is 0.116. The summed E-state index contributed by atoms with van der Waals surface area (Å²) in [6.07, 6.45) is -3.66. The summed E-state index contributed by atoms with van der Waals surface area (Å²) in [5, 5.41) is 2.75. The van der Waals surface area contributed by atoms with Crippen molar-refractivity contribution in [2.75, 3.05) is 6.54 Å². The summed E-state index contributed by atoms with van der Waals surface area (Å²) in [5.74, 6) is -1.45. The van der Waals surface area contributed by atoms with Gasteiger partial charge in [0.1, 0.15) is 5.82 Å². The summed E-state index contributed by atoms with van der Waals surface area (Å²) in [6.45, 7) is 1.61. The fourth-order valence-electron chi connectivity index (χ4n) is 3.78. The van der Waals surface area contributed by atoms with Gasteiger partial charge in [-0.3, -0.25) is 9.59 Å². The van der Waals surface area contributed by atoms with E-state index in [1.54, 1.807) is 18.2 Å². The molecule has 3 rings (SSSR count). The van der Waals surface area contributed by atoms with Crippen LogP contribution in [-0.4, -0.2) is 23.3 Å². The first-order valence-corrected chi connectivity index (χ1v) is 9.61. The average molecular weight is 422 g/mol. The van der Waals surface area contributed by atoms with Crippen LogP contribution >= 0.6 is 0 Å². The molecular formula is C22H22F4N2O2. The number of carbonyl (C=O) groups excluding carboxylic acids is 2. The van der Waals surface area contributed by atoms with Gasteiger partial charge in [0.25, 0.3) is 0 Å². The van der Waals surface area contributed by atoms with Gasteiger partial charge in [0.05, 0.1) is 17.5 Å². The molecule has 2 atom stereocenters. The van der Waals surface area contributed by atoms with Crippen LogP contribution in [0.1, 0.15) is 42.5 Å². The number of hydrogen-bond donors (Lipinski definition) is 1. The molecule has 2 aromatic rings. The Labute approximate surface area is 171 Å². The third-order valence-corrected chi connectivity index (χ3v) is 5.31. The van der Waals surface area contributed by atoms with Gasteiger partial charge in [-0.2, -0.15) is 13.2 Å². The van der Waals surface area contributed by atoms with E-state index in [0.717, 1.165) is 12.1 Å². The van der Waals surface area contributed by atoms with Crippen LogP contribution in [0.15, 0.2) is 48.5 Å². The molecule has 1 heterocycles. The number of benzene rings is 2. The molecule has 0 saturated carbocycles. The van der Waals surface area contributed by atoms with Gasteiger partial charge in [-0.05, 0) is 48.2 Å². The van der Waals surface area contributed by atoms with E-state index in [9.17, 15) is 27.2 Å². The fraction of sp³-hybridized carbons (Fsp3) is 0.364. The standard InChI is InChI=1S/C22H22F4N2O2/c1-14(29)28-13-17(21(30)27-12-15-4-2-7-19(23)10-15)8-9-20(28)16-5-3-6-18(11-16)22(24,25)26/h2-7,10-11,17,20H,8-9,12-13H2,1H3,(H,27,30). The Balaban J connectivity index is 1.69. The van der Waals surface area contributed by atoms with E-state index in [4.69, 9.17) is 0 Å². The molecule has 1 fully saturated rings. The second-order valence-corrected chi connectivity index (χ2v) is 7.43. The van der Waals surface area contributed by atoms with Crippen molar-refractivity contribution < 1.29 is 27.2 Å². The monoisotopic (exact) mass is 422 g/mol. The molecule has 0 aromatic heterocycles. The Hall–Kier alpha value is -2.90. The number of likely N-dealkylation sites (tertiary alicyclic amines) is 1. The Bertz CT molecular complexity index is 929. The molecule has 2 unspecified atom stereocenters. The van der Waals surface area contributed by atoms with Crippen molar-refractivity contribution in [2.24, 2.45) is 5.92 Å². The van der Waals surface area contributed by atoms with E-state index in [1.807, 2.05) is 0 Å². The molecule has 1 aliphatic rings. The maximum Gasteiger partial charge on any atom is 0.416 e. The van der Waals surface area contributed by atoms with Crippen LogP contribution in [0.25, 0.3) is 0 Å². The first kappa shape index (κ1) is 21.8. The number of rotatable bonds is 4. The molecule has 0 aliphatic carbocycles. The average Bonchev–Trinajstić information content (AvgIpc) is 2.71.